The maximum absolute atomic E-state index is 12.0. The third-order valence-corrected chi connectivity index (χ3v) is 3.37. The first kappa shape index (κ1) is 14.6. The molecule has 0 atom stereocenters. The van der Waals surface area contributed by atoms with Crippen LogP contribution in [0.4, 0.5) is 0 Å². The topological polar surface area (TPSA) is 59.5 Å². The van der Waals surface area contributed by atoms with Crippen molar-refractivity contribution < 1.29 is 14.3 Å². The molecule has 6 heteroatoms. The fourth-order valence-electron chi connectivity index (χ4n) is 1.54. The van der Waals surface area contributed by atoms with Crippen molar-refractivity contribution in [1.82, 2.24) is 9.88 Å². The summed E-state index contributed by atoms with van der Waals surface area (Å²) in [7, 11) is 1.35. The number of carbonyl (C=O) groups is 2. The molecule has 0 aliphatic heterocycles. The summed E-state index contributed by atoms with van der Waals surface area (Å²) in [5.41, 5.74) is 0.791. The molecule has 1 aromatic heterocycles. The lowest BCUT2D eigenvalue weighted by molar-refractivity contribution is -0.141. The SMILES string of the molecule is CCN(CCC(=O)OC)C(=O)Cc1csc(C)n1. The number of ether oxygens (including phenoxy) is 1. The minimum atomic E-state index is -0.300. The Morgan fingerprint density at radius 1 is 1.50 bits per heavy atom. The number of hydrogen-bond donors (Lipinski definition) is 0. The first-order valence-electron chi connectivity index (χ1n) is 5.82. The summed E-state index contributed by atoms with van der Waals surface area (Å²) in [6, 6.07) is 0. The fraction of sp³-hybridized carbons (Fsp3) is 0.583. The van der Waals surface area contributed by atoms with Gasteiger partial charge < -0.3 is 9.64 Å². The number of nitrogens with zero attached hydrogens (tertiary/aromatic N) is 2. The summed E-state index contributed by atoms with van der Waals surface area (Å²) in [5, 5.41) is 2.84. The van der Waals surface area contributed by atoms with Gasteiger partial charge in [-0.2, -0.15) is 0 Å². The number of methoxy groups -OCH3 is 1. The lowest BCUT2D eigenvalue weighted by Crippen LogP contribution is -2.34. The third-order valence-electron chi connectivity index (χ3n) is 2.55. The van der Waals surface area contributed by atoms with Crippen LogP contribution in [0.2, 0.25) is 0 Å². The second-order valence-electron chi connectivity index (χ2n) is 3.83. The molecule has 5 nitrogen and oxygen atoms in total. The highest BCUT2D eigenvalue weighted by Gasteiger charge is 2.15. The van der Waals surface area contributed by atoms with Crippen molar-refractivity contribution in [2.45, 2.75) is 26.7 Å². The zero-order chi connectivity index (χ0) is 13.5. The standard InChI is InChI=1S/C12H18N2O3S/c1-4-14(6-5-12(16)17-3)11(15)7-10-8-18-9(2)13-10/h8H,4-7H2,1-3H3. The predicted molar refractivity (Wildman–Crippen MR) is 69.4 cm³/mol. The van der Waals surface area contributed by atoms with Crippen molar-refractivity contribution in [3.8, 4) is 0 Å². The minimum Gasteiger partial charge on any atom is -0.469 e. The lowest BCUT2D eigenvalue weighted by Gasteiger charge is -2.19. The van der Waals surface area contributed by atoms with Gasteiger partial charge >= 0.3 is 5.97 Å². The molecule has 1 aromatic rings. The van der Waals surface area contributed by atoms with Gasteiger partial charge in [-0.1, -0.05) is 0 Å². The van der Waals surface area contributed by atoms with Crippen molar-refractivity contribution in [1.29, 1.82) is 0 Å². The summed E-state index contributed by atoms with van der Waals surface area (Å²) >= 11 is 1.53. The second-order valence-corrected chi connectivity index (χ2v) is 4.90. The average Bonchev–Trinajstić information content (AvgIpc) is 2.75. The van der Waals surface area contributed by atoms with E-state index in [0.717, 1.165) is 10.7 Å². The molecule has 0 fully saturated rings. The molecule has 100 valence electrons. The van der Waals surface area contributed by atoms with Gasteiger partial charge in [0.15, 0.2) is 0 Å². The fourth-order valence-corrected chi connectivity index (χ4v) is 2.16. The van der Waals surface area contributed by atoms with E-state index in [0.29, 0.717) is 19.5 Å². The molecule has 0 bridgehead atoms. The van der Waals surface area contributed by atoms with E-state index in [-0.39, 0.29) is 18.3 Å². The van der Waals surface area contributed by atoms with Crippen LogP contribution in [0.15, 0.2) is 5.38 Å². The molecular formula is C12H18N2O3S. The Bertz CT molecular complexity index is 417. The summed E-state index contributed by atoms with van der Waals surface area (Å²) in [6.07, 6.45) is 0.519. The van der Waals surface area contributed by atoms with Crippen LogP contribution < -0.4 is 0 Å². The second kappa shape index (κ2) is 7.10. The minimum absolute atomic E-state index is 0.00768. The number of esters is 1. The molecule has 0 N–H and O–H groups in total. The van der Waals surface area contributed by atoms with Crippen LogP contribution in [0, 0.1) is 6.92 Å². The van der Waals surface area contributed by atoms with Gasteiger partial charge in [0.25, 0.3) is 0 Å². The first-order chi connectivity index (χ1) is 8.56. The quantitative estimate of drug-likeness (QED) is 0.733. The van der Waals surface area contributed by atoms with Gasteiger partial charge in [-0.25, -0.2) is 4.98 Å². The Kier molecular flexibility index (Phi) is 5.77. The van der Waals surface area contributed by atoms with Gasteiger partial charge in [0.1, 0.15) is 0 Å². The maximum atomic E-state index is 12.0. The first-order valence-corrected chi connectivity index (χ1v) is 6.70. The highest BCUT2D eigenvalue weighted by Crippen LogP contribution is 2.09. The van der Waals surface area contributed by atoms with E-state index in [1.165, 1.54) is 18.4 Å². The number of hydrogen-bond acceptors (Lipinski definition) is 5. The van der Waals surface area contributed by atoms with Crippen molar-refractivity contribution in [2.75, 3.05) is 20.2 Å². The van der Waals surface area contributed by atoms with Crippen LogP contribution >= 0.6 is 11.3 Å². The van der Waals surface area contributed by atoms with Crippen LogP contribution in [0.1, 0.15) is 24.0 Å². The van der Waals surface area contributed by atoms with E-state index in [1.807, 2.05) is 19.2 Å². The van der Waals surface area contributed by atoms with Gasteiger partial charge in [0.2, 0.25) is 5.91 Å². The Hall–Kier alpha value is -1.43. The molecule has 18 heavy (non-hydrogen) atoms. The molecule has 1 heterocycles. The van der Waals surface area contributed by atoms with Crippen molar-refractivity contribution in [2.24, 2.45) is 0 Å². The molecule has 0 radical (unpaired) electrons. The van der Waals surface area contributed by atoms with Gasteiger partial charge in [-0.15, -0.1) is 11.3 Å². The number of carbonyl (C=O) groups excluding carboxylic acids is 2. The summed E-state index contributed by atoms with van der Waals surface area (Å²) in [4.78, 5) is 28.9. The number of likely N-dealkylation sites (N-methyl/N-ethyl adjacent to an activating group) is 1. The zero-order valence-corrected chi connectivity index (χ0v) is 11.7. The van der Waals surface area contributed by atoms with E-state index >= 15 is 0 Å². The number of rotatable bonds is 6. The molecular weight excluding hydrogens is 252 g/mol. The van der Waals surface area contributed by atoms with Crippen molar-refractivity contribution in [3.05, 3.63) is 16.1 Å². The highest BCUT2D eigenvalue weighted by molar-refractivity contribution is 7.09. The van der Waals surface area contributed by atoms with Crippen LogP contribution in [-0.2, 0) is 20.7 Å². The van der Waals surface area contributed by atoms with E-state index < -0.39 is 0 Å². The molecule has 0 saturated heterocycles. The highest BCUT2D eigenvalue weighted by atomic mass is 32.1. The number of aryl methyl sites for hydroxylation is 1. The van der Waals surface area contributed by atoms with Crippen molar-refractivity contribution in [3.63, 3.8) is 0 Å². The third kappa shape index (κ3) is 4.44. The van der Waals surface area contributed by atoms with Crippen LogP contribution in [-0.4, -0.2) is 42.0 Å². The Morgan fingerprint density at radius 2 is 2.22 bits per heavy atom. The van der Waals surface area contributed by atoms with Gasteiger partial charge in [0, 0.05) is 18.5 Å². The molecule has 0 saturated carbocycles. The largest absolute Gasteiger partial charge is 0.469 e. The molecule has 1 amide bonds. The van der Waals surface area contributed by atoms with Crippen LogP contribution in [0.3, 0.4) is 0 Å². The predicted octanol–water partition coefficient (Wildman–Crippen LogP) is 1.41. The molecule has 1 rings (SSSR count). The van der Waals surface area contributed by atoms with E-state index in [2.05, 4.69) is 9.72 Å². The lowest BCUT2D eigenvalue weighted by atomic mass is 10.2. The van der Waals surface area contributed by atoms with E-state index in [4.69, 9.17) is 0 Å². The van der Waals surface area contributed by atoms with E-state index in [1.54, 1.807) is 4.90 Å². The van der Waals surface area contributed by atoms with Crippen LogP contribution in [0.5, 0.6) is 0 Å². The normalized spacial score (nSPS) is 10.2. The van der Waals surface area contributed by atoms with Gasteiger partial charge in [0.05, 0.1) is 30.7 Å². The number of amides is 1. The molecule has 0 aromatic carbocycles. The number of thiazole rings is 1. The Balaban J connectivity index is 2.49. The maximum Gasteiger partial charge on any atom is 0.307 e. The van der Waals surface area contributed by atoms with Gasteiger partial charge in [-0.3, -0.25) is 9.59 Å². The van der Waals surface area contributed by atoms with Crippen molar-refractivity contribution >= 4 is 23.2 Å². The molecule has 0 spiro atoms. The molecule has 0 aliphatic carbocycles. The summed E-state index contributed by atoms with van der Waals surface area (Å²) < 4.78 is 4.56. The summed E-state index contributed by atoms with van der Waals surface area (Å²) in [6.45, 7) is 4.78. The average molecular weight is 270 g/mol. The number of aromatic nitrogens is 1. The van der Waals surface area contributed by atoms with Crippen LogP contribution in [0.25, 0.3) is 0 Å². The Morgan fingerprint density at radius 3 is 2.72 bits per heavy atom. The zero-order valence-electron chi connectivity index (χ0n) is 10.9. The summed E-state index contributed by atoms with van der Waals surface area (Å²) in [5.74, 6) is -0.308. The van der Waals surface area contributed by atoms with Gasteiger partial charge in [-0.05, 0) is 13.8 Å². The smallest absolute Gasteiger partial charge is 0.307 e. The molecule has 0 aliphatic rings. The Labute approximate surface area is 111 Å². The molecule has 0 unspecified atom stereocenters. The van der Waals surface area contributed by atoms with E-state index in [9.17, 15) is 9.59 Å². The monoisotopic (exact) mass is 270 g/mol.